The van der Waals surface area contributed by atoms with E-state index in [9.17, 15) is 0 Å². The minimum Gasteiger partial charge on any atom is -0.329 e. The van der Waals surface area contributed by atoms with Gasteiger partial charge in [0.2, 0.25) is 0 Å². The maximum absolute atomic E-state index is 4.45. The molecule has 1 heterocycles. The third-order valence-corrected chi connectivity index (χ3v) is 3.27. The van der Waals surface area contributed by atoms with Gasteiger partial charge in [-0.05, 0) is 31.9 Å². The van der Waals surface area contributed by atoms with Crippen molar-refractivity contribution in [1.29, 1.82) is 0 Å². The van der Waals surface area contributed by atoms with Crippen molar-refractivity contribution in [2.45, 2.75) is 40.8 Å². The van der Waals surface area contributed by atoms with Crippen molar-refractivity contribution >= 4 is 0 Å². The van der Waals surface area contributed by atoms with Crippen LogP contribution in [-0.4, -0.2) is 16.1 Å². The first-order valence-corrected chi connectivity index (χ1v) is 7.32. The van der Waals surface area contributed by atoms with Crippen LogP contribution in [0, 0.1) is 19.8 Å². The topological polar surface area (TPSA) is 29.9 Å². The van der Waals surface area contributed by atoms with Crippen molar-refractivity contribution in [2.24, 2.45) is 5.92 Å². The smallest absolute Gasteiger partial charge is 0.122 e. The van der Waals surface area contributed by atoms with E-state index in [1.807, 2.05) is 6.20 Å². The molecule has 0 aliphatic heterocycles. The maximum Gasteiger partial charge on any atom is 0.122 e. The number of benzene rings is 1. The van der Waals surface area contributed by atoms with Crippen LogP contribution in [-0.2, 0) is 13.1 Å². The van der Waals surface area contributed by atoms with Crippen molar-refractivity contribution in [1.82, 2.24) is 14.9 Å². The predicted octanol–water partition coefficient (Wildman–Crippen LogP) is 3.29. The normalized spacial score (nSPS) is 11.2. The summed E-state index contributed by atoms with van der Waals surface area (Å²) in [5.41, 5.74) is 3.98. The molecule has 108 valence electrons. The summed E-state index contributed by atoms with van der Waals surface area (Å²) in [7, 11) is 0. The summed E-state index contributed by atoms with van der Waals surface area (Å²) in [5, 5.41) is 3.45. The second kappa shape index (κ2) is 6.71. The fourth-order valence-electron chi connectivity index (χ4n) is 2.48. The molecule has 0 spiro atoms. The minimum absolute atomic E-state index is 0.665. The van der Waals surface area contributed by atoms with Gasteiger partial charge in [0.25, 0.3) is 0 Å². The van der Waals surface area contributed by atoms with Crippen LogP contribution in [0.4, 0.5) is 0 Å². The number of aromatic nitrogens is 2. The van der Waals surface area contributed by atoms with Crippen molar-refractivity contribution in [3.63, 3.8) is 0 Å². The molecule has 1 N–H and O–H groups in total. The Labute approximate surface area is 122 Å². The number of rotatable bonds is 6. The van der Waals surface area contributed by atoms with Gasteiger partial charge in [0, 0.05) is 18.9 Å². The molecule has 1 aromatic heterocycles. The first kappa shape index (κ1) is 14.8. The van der Waals surface area contributed by atoms with Crippen molar-refractivity contribution in [3.05, 3.63) is 53.1 Å². The molecular formula is C17H25N3. The van der Waals surface area contributed by atoms with Gasteiger partial charge in [-0.25, -0.2) is 4.98 Å². The molecule has 3 heteroatoms. The first-order chi connectivity index (χ1) is 9.54. The van der Waals surface area contributed by atoms with E-state index in [1.54, 1.807) is 0 Å². The Kier molecular flexibility index (Phi) is 4.96. The highest BCUT2D eigenvalue weighted by atomic mass is 15.1. The minimum atomic E-state index is 0.665. The average Bonchev–Trinajstić information content (AvgIpc) is 2.75. The molecule has 0 saturated heterocycles. The van der Waals surface area contributed by atoms with E-state index in [-0.39, 0.29) is 0 Å². The predicted molar refractivity (Wildman–Crippen MR) is 83.8 cm³/mol. The van der Waals surface area contributed by atoms with Gasteiger partial charge in [-0.1, -0.05) is 43.2 Å². The number of hydrogen-bond donors (Lipinski definition) is 1. The summed E-state index contributed by atoms with van der Waals surface area (Å²) in [6, 6.07) is 6.71. The third-order valence-electron chi connectivity index (χ3n) is 3.27. The lowest BCUT2D eigenvalue weighted by Crippen LogP contribution is -2.21. The number of aryl methyl sites for hydroxylation is 2. The highest BCUT2D eigenvalue weighted by Crippen LogP contribution is 2.11. The summed E-state index contributed by atoms with van der Waals surface area (Å²) >= 11 is 0. The standard InChI is InChI=1S/C17H25N3/c1-13(2)10-18-11-17-19-5-6-20(17)12-16-8-14(3)7-15(4)9-16/h5-9,13,18H,10-12H2,1-4H3. The molecule has 0 bridgehead atoms. The molecular weight excluding hydrogens is 246 g/mol. The first-order valence-electron chi connectivity index (χ1n) is 7.32. The Morgan fingerprint density at radius 1 is 1.15 bits per heavy atom. The van der Waals surface area contributed by atoms with E-state index >= 15 is 0 Å². The van der Waals surface area contributed by atoms with E-state index in [4.69, 9.17) is 0 Å². The Morgan fingerprint density at radius 2 is 1.85 bits per heavy atom. The number of nitrogens with one attached hydrogen (secondary N) is 1. The highest BCUT2D eigenvalue weighted by molar-refractivity contribution is 5.28. The molecule has 2 aromatic rings. The quantitative estimate of drug-likeness (QED) is 0.873. The Morgan fingerprint density at radius 3 is 2.50 bits per heavy atom. The molecule has 1 aromatic carbocycles. The fraction of sp³-hybridized carbons (Fsp3) is 0.471. The Hall–Kier alpha value is -1.61. The molecule has 0 aliphatic rings. The lowest BCUT2D eigenvalue weighted by Gasteiger charge is -2.11. The van der Waals surface area contributed by atoms with Gasteiger partial charge in [-0.3, -0.25) is 0 Å². The van der Waals surface area contributed by atoms with E-state index in [0.717, 1.165) is 25.5 Å². The molecule has 0 aliphatic carbocycles. The van der Waals surface area contributed by atoms with Crippen LogP contribution in [0.25, 0.3) is 0 Å². The van der Waals surface area contributed by atoms with Crippen molar-refractivity contribution in [2.75, 3.05) is 6.54 Å². The van der Waals surface area contributed by atoms with Crippen LogP contribution in [0.5, 0.6) is 0 Å². The summed E-state index contributed by atoms with van der Waals surface area (Å²) in [6.07, 6.45) is 3.94. The lowest BCUT2D eigenvalue weighted by atomic mass is 10.1. The maximum atomic E-state index is 4.45. The number of nitrogens with zero attached hydrogens (tertiary/aromatic N) is 2. The second-order valence-electron chi connectivity index (χ2n) is 5.99. The SMILES string of the molecule is Cc1cc(C)cc(Cn2ccnc2CNCC(C)C)c1. The molecule has 0 amide bonds. The van der Waals surface area contributed by atoms with Crippen LogP contribution in [0.3, 0.4) is 0 Å². The van der Waals surface area contributed by atoms with Crippen molar-refractivity contribution in [3.8, 4) is 0 Å². The van der Waals surface area contributed by atoms with E-state index in [0.29, 0.717) is 5.92 Å². The molecule has 0 atom stereocenters. The zero-order valence-corrected chi connectivity index (χ0v) is 13.0. The van der Waals surface area contributed by atoms with E-state index < -0.39 is 0 Å². The van der Waals surface area contributed by atoms with Crippen molar-refractivity contribution < 1.29 is 0 Å². The van der Waals surface area contributed by atoms with Crippen LogP contribution in [0.15, 0.2) is 30.6 Å². The molecule has 0 unspecified atom stereocenters. The molecule has 0 fully saturated rings. The molecule has 3 nitrogen and oxygen atoms in total. The zero-order valence-electron chi connectivity index (χ0n) is 13.0. The Bertz CT molecular complexity index is 535. The highest BCUT2D eigenvalue weighted by Gasteiger charge is 2.04. The van der Waals surface area contributed by atoms with Crippen LogP contribution >= 0.6 is 0 Å². The number of hydrogen-bond acceptors (Lipinski definition) is 2. The molecule has 20 heavy (non-hydrogen) atoms. The summed E-state index contributed by atoms with van der Waals surface area (Å²) in [5.74, 6) is 1.77. The largest absolute Gasteiger partial charge is 0.329 e. The van der Waals surface area contributed by atoms with E-state index in [1.165, 1.54) is 16.7 Å². The summed E-state index contributed by atoms with van der Waals surface area (Å²) < 4.78 is 2.22. The van der Waals surface area contributed by atoms with Gasteiger partial charge >= 0.3 is 0 Å². The van der Waals surface area contributed by atoms with Gasteiger partial charge in [0.05, 0.1) is 6.54 Å². The third kappa shape index (κ3) is 4.20. The number of imidazole rings is 1. The van der Waals surface area contributed by atoms with Crippen LogP contribution in [0.1, 0.15) is 36.4 Å². The fourth-order valence-corrected chi connectivity index (χ4v) is 2.48. The monoisotopic (exact) mass is 271 g/mol. The lowest BCUT2D eigenvalue weighted by molar-refractivity contribution is 0.533. The van der Waals surface area contributed by atoms with E-state index in [2.05, 4.69) is 67.0 Å². The zero-order chi connectivity index (χ0) is 14.5. The van der Waals surface area contributed by atoms with Gasteiger partial charge in [-0.2, -0.15) is 0 Å². The van der Waals surface area contributed by atoms with Gasteiger partial charge < -0.3 is 9.88 Å². The average molecular weight is 271 g/mol. The Balaban J connectivity index is 2.04. The van der Waals surface area contributed by atoms with Gasteiger partial charge in [0.1, 0.15) is 5.82 Å². The summed E-state index contributed by atoms with van der Waals surface area (Å²) in [4.78, 5) is 4.45. The molecule has 2 rings (SSSR count). The molecule has 0 radical (unpaired) electrons. The van der Waals surface area contributed by atoms with Crippen LogP contribution in [0.2, 0.25) is 0 Å². The second-order valence-corrected chi connectivity index (χ2v) is 5.99. The van der Waals surface area contributed by atoms with Gasteiger partial charge in [0.15, 0.2) is 0 Å². The van der Waals surface area contributed by atoms with Crippen LogP contribution < -0.4 is 5.32 Å². The van der Waals surface area contributed by atoms with Gasteiger partial charge in [-0.15, -0.1) is 0 Å². The summed E-state index contributed by atoms with van der Waals surface area (Å²) in [6.45, 7) is 11.5. The molecule has 0 saturated carbocycles.